The minimum Gasteiger partial charge on any atom is -0.230 e. The number of aryl methyl sites for hydroxylation is 2. The molecule has 1 aromatic carbocycles. The average Bonchev–Trinajstić information content (AvgIpc) is 3.40. The van der Waals surface area contributed by atoms with Crippen LogP contribution >= 0.6 is 0 Å². The summed E-state index contributed by atoms with van der Waals surface area (Å²) in [5.41, 5.74) is 1.36. The summed E-state index contributed by atoms with van der Waals surface area (Å²) in [6, 6.07) is 11.1. The topological polar surface area (TPSA) is 8.81 Å². The van der Waals surface area contributed by atoms with Gasteiger partial charge < -0.3 is 0 Å². The molecule has 0 atom stereocenters. The first-order valence-corrected chi connectivity index (χ1v) is 18.5. The molecule has 234 valence electrons. The van der Waals surface area contributed by atoms with E-state index >= 15 is 0 Å². The van der Waals surface area contributed by atoms with Crippen LogP contribution in [0.4, 0.5) is 0 Å². The molecule has 0 radical (unpaired) electrons. The molecular weight excluding hydrogens is 496 g/mol. The zero-order chi connectivity index (χ0) is 29.1. The Morgan fingerprint density at radius 2 is 0.854 bits per heavy atom. The van der Waals surface area contributed by atoms with Crippen molar-refractivity contribution in [3.63, 3.8) is 0 Å². The van der Waals surface area contributed by atoms with Crippen molar-refractivity contribution in [2.45, 2.75) is 194 Å². The van der Waals surface area contributed by atoms with Crippen LogP contribution in [0.3, 0.4) is 0 Å². The van der Waals surface area contributed by atoms with Gasteiger partial charge in [0, 0.05) is 0 Å². The summed E-state index contributed by atoms with van der Waals surface area (Å²) >= 11 is 0. The van der Waals surface area contributed by atoms with Gasteiger partial charge in [-0.15, -0.1) is 0 Å². The Kier molecular flexibility index (Phi) is 22.7. The van der Waals surface area contributed by atoms with Crippen molar-refractivity contribution < 1.29 is 4.57 Å². The maximum Gasteiger partial charge on any atom is 0.288 e. The van der Waals surface area contributed by atoms with Gasteiger partial charge in [0.15, 0.2) is 0 Å². The molecule has 0 unspecified atom stereocenters. The van der Waals surface area contributed by atoms with Gasteiger partial charge in [-0.05, 0) is 37.8 Å². The Morgan fingerprint density at radius 3 is 1.29 bits per heavy atom. The summed E-state index contributed by atoms with van der Waals surface area (Å²) in [4.78, 5) is 0. The lowest BCUT2D eigenvalue weighted by Crippen LogP contribution is -2.34. The van der Waals surface area contributed by atoms with Crippen molar-refractivity contribution in [3.8, 4) is 11.4 Å². The number of hydrogen-bond donors (Lipinski definition) is 0. The fourth-order valence-electron chi connectivity index (χ4n) is 6.35. The van der Waals surface area contributed by atoms with Gasteiger partial charge in [-0.3, -0.25) is 0 Å². The molecule has 0 spiro atoms. The monoisotopic (exact) mass is 566 g/mol. The highest BCUT2D eigenvalue weighted by Gasteiger charge is 2.18. The molecule has 41 heavy (non-hydrogen) atoms. The normalized spacial score (nSPS) is 11.5. The first kappa shape index (κ1) is 35.6. The molecule has 0 aliphatic rings. The molecular formula is C39H69N2+. The van der Waals surface area contributed by atoms with Crippen LogP contribution in [0.1, 0.15) is 181 Å². The molecule has 0 saturated carbocycles. The zero-order valence-electron chi connectivity index (χ0n) is 27.7. The predicted molar refractivity (Wildman–Crippen MR) is 181 cm³/mol. The molecule has 0 aliphatic carbocycles. The Bertz CT molecular complexity index is 808. The van der Waals surface area contributed by atoms with Gasteiger partial charge in [-0.1, -0.05) is 173 Å². The second-order valence-corrected chi connectivity index (χ2v) is 12.9. The van der Waals surface area contributed by atoms with Crippen LogP contribution < -0.4 is 4.57 Å². The van der Waals surface area contributed by atoms with Crippen molar-refractivity contribution in [2.75, 3.05) is 0 Å². The van der Waals surface area contributed by atoms with Crippen LogP contribution in [0.15, 0.2) is 42.7 Å². The molecule has 1 aromatic heterocycles. The number of benzene rings is 1. The van der Waals surface area contributed by atoms with Crippen LogP contribution in [0.25, 0.3) is 11.4 Å². The van der Waals surface area contributed by atoms with E-state index in [4.69, 9.17) is 0 Å². The summed E-state index contributed by atoms with van der Waals surface area (Å²) in [6.45, 7) is 6.90. The Balaban J connectivity index is 1.58. The predicted octanol–water partition coefficient (Wildman–Crippen LogP) is 12.6. The molecule has 2 nitrogen and oxygen atoms in total. The number of nitrogens with zero attached hydrogens (tertiary/aromatic N) is 2. The first-order chi connectivity index (χ1) is 20.4. The van der Waals surface area contributed by atoms with Crippen LogP contribution in [0.5, 0.6) is 0 Å². The molecule has 0 amide bonds. The summed E-state index contributed by atoms with van der Waals surface area (Å²) in [5, 5.41) is 0. The molecule has 2 heteroatoms. The summed E-state index contributed by atoms with van der Waals surface area (Å²) in [6.07, 6.45) is 41.5. The van der Waals surface area contributed by atoms with Gasteiger partial charge in [0.25, 0.3) is 5.82 Å². The molecule has 2 aromatic rings. The van der Waals surface area contributed by atoms with E-state index in [0.29, 0.717) is 0 Å². The van der Waals surface area contributed by atoms with E-state index in [1.54, 1.807) is 0 Å². The fraction of sp³-hybridized carbons (Fsp3) is 0.769. The molecule has 0 aliphatic heterocycles. The maximum atomic E-state index is 2.52. The average molecular weight is 566 g/mol. The highest BCUT2D eigenvalue weighted by molar-refractivity contribution is 5.52. The van der Waals surface area contributed by atoms with Crippen molar-refractivity contribution in [3.05, 3.63) is 42.7 Å². The molecule has 0 fully saturated rings. The van der Waals surface area contributed by atoms with Gasteiger partial charge in [0.2, 0.25) is 0 Å². The largest absolute Gasteiger partial charge is 0.288 e. The third-order valence-electron chi connectivity index (χ3n) is 9.01. The number of aromatic nitrogens is 2. The standard InChI is InChI=1S/C39H69N2/c1-3-5-7-9-11-13-15-17-18-20-22-24-26-31-35-41-37-36-40(39(41)38-32-28-27-29-33-38)34-30-25-23-21-19-16-14-12-10-8-6-4-2/h27-29,32-33,36-37H,3-26,30-31,34-35H2,1-2H3/q+1. The number of rotatable bonds is 29. The first-order valence-electron chi connectivity index (χ1n) is 18.5. The third kappa shape index (κ3) is 17.9. The van der Waals surface area contributed by atoms with E-state index in [-0.39, 0.29) is 0 Å². The van der Waals surface area contributed by atoms with Gasteiger partial charge in [-0.25, -0.2) is 9.13 Å². The number of unbranched alkanes of at least 4 members (excludes halogenated alkanes) is 24. The third-order valence-corrected chi connectivity index (χ3v) is 9.01. The molecule has 0 bridgehead atoms. The van der Waals surface area contributed by atoms with Crippen LogP contribution in [-0.4, -0.2) is 4.57 Å². The van der Waals surface area contributed by atoms with Crippen LogP contribution in [-0.2, 0) is 13.1 Å². The summed E-state index contributed by atoms with van der Waals surface area (Å²) in [5.74, 6) is 1.41. The van der Waals surface area contributed by atoms with E-state index in [0.717, 1.165) is 13.1 Å². The molecule has 2 rings (SSSR count). The lowest BCUT2D eigenvalue weighted by Gasteiger charge is -2.07. The highest BCUT2D eigenvalue weighted by atomic mass is 15.1. The lowest BCUT2D eigenvalue weighted by atomic mass is 10.0. The zero-order valence-corrected chi connectivity index (χ0v) is 27.7. The number of hydrogen-bond acceptors (Lipinski definition) is 0. The van der Waals surface area contributed by atoms with Crippen molar-refractivity contribution in [2.24, 2.45) is 0 Å². The summed E-state index contributed by atoms with van der Waals surface area (Å²) < 4.78 is 5.05. The van der Waals surface area contributed by atoms with Crippen molar-refractivity contribution in [1.29, 1.82) is 0 Å². The van der Waals surface area contributed by atoms with Crippen molar-refractivity contribution >= 4 is 0 Å². The van der Waals surface area contributed by atoms with Gasteiger partial charge in [0.05, 0.1) is 18.7 Å². The maximum absolute atomic E-state index is 2.52. The SMILES string of the molecule is CCCCCCCCCCCCCCCC[n+]1ccn(CCCCCCCCCCCCCC)c1-c1ccccc1. The highest BCUT2D eigenvalue weighted by Crippen LogP contribution is 2.19. The van der Waals surface area contributed by atoms with E-state index in [9.17, 15) is 0 Å². The minimum atomic E-state index is 1.15. The second kappa shape index (κ2) is 26.1. The van der Waals surface area contributed by atoms with Crippen LogP contribution in [0.2, 0.25) is 0 Å². The van der Waals surface area contributed by atoms with E-state index in [2.05, 4.69) is 65.7 Å². The lowest BCUT2D eigenvalue weighted by molar-refractivity contribution is -0.686. The fourth-order valence-corrected chi connectivity index (χ4v) is 6.35. The molecule has 1 heterocycles. The van der Waals surface area contributed by atoms with Gasteiger partial charge in [-0.2, -0.15) is 0 Å². The van der Waals surface area contributed by atoms with E-state index in [1.807, 2.05) is 0 Å². The second-order valence-electron chi connectivity index (χ2n) is 12.9. The van der Waals surface area contributed by atoms with E-state index < -0.39 is 0 Å². The van der Waals surface area contributed by atoms with Crippen molar-refractivity contribution in [1.82, 2.24) is 4.57 Å². The van der Waals surface area contributed by atoms with Gasteiger partial charge >= 0.3 is 0 Å². The van der Waals surface area contributed by atoms with Gasteiger partial charge in [0.1, 0.15) is 12.4 Å². The smallest absolute Gasteiger partial charge is 0.230 e. The molecule has 0 saturated heterocycles. The summed E-state index contributed by atoms with van der Waals surface area (Å²) in [7, 11) is 0. The Hall–Kier alpha value is -1.57. The Labute approximate surface area is 256 Å². The quantitative estimate of drug-likeness (QED) is 0.0685. The van der Waals surface area contributed by atoms with E-state index in [1.165, 1.54) is 178 Å². The minimum absolute atomic E-state index is 1.15. The number of imidazole rings is 1. The van der Waals surface area contributed by atoms with Crippen LogP contribution in [0, 0.1) is 0 Å². The molecule has 0 N–H and O–H groups in total. The Morgan fingerprint density at radius 1 is 0.463 bits per heavy atom.